The molecule has 7 heteroatoms. The second-order valence-corrected chi connectivity index (χ2v) is 10.6. The Hall–Kier alpha value is -3.84. The molecule has 2 N–H and O–H groups in total. The lowest BCUT2D eigenvalue weighted by Crippen LogP contribution is -2.38. The average Bonchev–Trinajstić information content (AvgIpc) is 3.30. The summed E-state index contributed by atoms with van der Waals surface area (Å²) in [5, 5.41) is 2.83. The Morgan fingerprint density at radius 3 is 2.35 bits per heavy atom. The number of para-hydroxylation sites is 3. The highest BCUT2D eigenvalue weighted by atomic mass is 16.7. The van der Waals surface area contributed by atoms with Crippen LogP contribution in [-0.2, 0) is 15.0 Å². The van der Waals surface area contributed by atoms with Crippen LogP contribution < -0.4 is 15.5 Å². The molecule has 5 rings (SSSR count). The topological polar surface area (TPSA) is 81.2 Å². The van der Waals surface area contributed by atoms with E-state index < -0.39 is 11.8 Å². The zero-order chi connectivity index (χ0) is 25.9. The van der Waals surface area contributed by atoms with Crippen LogP contribution in [0.25, 0.3) is 0 Å². The molecule has 1 amide bonds. The second kappa shape index (κ2) is 10.3. The number of ether oxygens (including phenoxy) is 2. The van der Waals surface area contributed by atoms with Crippen LogP contribution in [0.1, 0.15) is 57.6 Å². The van der Waals surface area contributed by atoms with Crippen LogP contribution in [0.3, 0.4) is 0 Å². The number of benzene rings is 3. The van der Waals surface area contributed by atoms with Crippen molar-refractivity contribution in [1.82, 2.24) is 5.48 Å². The number of anilines is 1. The van der Waals surface area contributed by atoms with E-state index in [9.17, 15) is 4.79 Å². The molecule has 0 aromatic heterocycles. The molecule has 2 aliphatic rings. The highest BCUT2D eigenvalue weighted by molar-refractivity contribution is 5.99. The first-order valence-electron chi connectivity index (χ1n) is 12.7. The molecule has 0 radical (unpaired) electrons. The van der Waals surface area contributed by atoms with Crippen molar-refractivity contribution in [2.45, 2.75) is 63.7 Å². The number of hydrogen-bond donors (Lipinski definition) is 2. The van der Waals surface area contributed by atoms with E-state index in [1.54, 1.807) is 6.07 Å². The summed E-state index contributed by atoms with van der Waals surface area (Å²) in [6, 6.07) is 25.2. The van der Waals surface area contributed by atoms with Gasteiger partial charge >= 0.3 is 6.09 Å². The van der Waals surface area contributed by atoms with Gasteiger partial charge in [0.15, 0.2) is 17.3 Å². The lowest BCUT2D eigenvalue weighted by Gasteiger charge is -2.32. The van der Waals surface area contributed by atoms with Crippen LogP contribution in [0.15, 0.2) is 83.9 Å². The van der Waals surface area contributed by atoms with Gasteiger partial charge in [0.2, 0.25) is 0 Å². The SMILES string of the molecule is CC(C)(C)c1ccc(C2=NC3(CCC(OC(=O)Nc4ccccc4Oc4ccccc4)CC3)ON2)cc1. The van der Waals surface area contributed by atoms with E-state index in [2.05, 4.69) is 55.8 Å². The first-order chi connectivity index (χ1) is 17.8. The van der Waals surface area contributed by atoms with Gasteiger partial charge in [-0.3, -0.25) is 5.32 Å². The van der Waals surface area contributed by atoms with Crippen LogP contribution in [-0.4, -0.2) is 23.8 Å². The lowest BCUT2D eigenvalue weighted by molar-refractivity contribution is -0.0939. The maximum absolute atomic E-state index is 12.7. The molecule has 0 atom stereocenters. The lowest BCUT2D eigenvalue weighted by atomic mass is 9.86. The maximum Gasteiger partial charge on any atom is 0.412 e. The van der Waals surface area contributed by atoms with E-state index in [1.807, 2.05) is 48.5 Å². The first-order valence-corrected chi connectivity index (χ1v) is 12.7. The summed E-state index contributed by atoms with van der Waals surface area (Å²) in [6.07, 6.45) is 1.94. The summed E-state index contributed by atoms with van der Waals surface area (Å²) >= 11 is 0. The standard InChI is InChI=1S/C30H33N3O4/c1-29(2,3)22-15-13-21(14-16-22)27-32-30(37-33-27)19-17-24(18-20-30)36-28(34)31-25-11-7-8-12-26(25)35-23-9-5-4-6-10-23/h4-16,24H,17-20H2,1-3H3,(H,31,34)(H,32,33). The van der Waals surface area contributed by atoms with Crippen LogP contribution >= 0.6 is 0 Å². The summed E-state index contributed by atoms with van der Waals surface area (Å²) in [5.41, 5.74) is 5.33. The van der Waals surface area contributed by atoms with Gasteiger partial charge in [-0.25, -0.2) is 20.1 Å². The van der Waals surface area contributed by atoms with Gasteiger partial charge in [0, 0.05) is 18.4 Å². The number of nitrogens with one attached hydrogen (secondary N) is 2. The summed E-state index contributed by atoms with van der Waals surface area (Å²) in [4.78, 5) is 23.5. The fourth-order valence-electron chi connectivity index (χ4n) is 4.58. The van der Waals surface area contributed by atoms with E-state index in [-0.39, 0.29) is 11.5 Å². The Balaban J connectivity index is 1.16. The van der Waals surface area contributed by atoms with Crippen molar-refractivity contribution in [1.29, 1.82) is 0 Å². The van der Waals surface area contributed by atoms with Gasteiger partial charge in [-0.1, -0.05) is 75.4 Å². The predicted octanol–water partition coefficient (Wildman–Crippen LogP) is 6.95. The average molecular weight is 500 g/mol. The molecule has 3 aromatic rings. The van der Waals surface area contributed by atoms with Crippen molar-refractivity contribution in [2.75, 3.05) is 5.32 Å². The molecule has 1 heterocycles. The second-order valence-electron chi connectivity index (χ2n) is 10.6. The predicted molar refractivity (Wildman–Crippen MR) is 144 cm³/mol. The summed E-state index contributed by atoms with van der Waals surface area (Å²) in [6.45, 7) is 6.59. The molecule has 192 valence electrons. The largest absolute Gasteiger partial charge is 0.455 e. The Morgan fingerprint density at radius 1 is 0.973 bits per heavy atom. The van der Waals surface area contributed by atoms with Gasteiger partial charge in [-0.15, -0.1) is 0 Å². The zero-order valence-electron chi connectivity index (χ0n) is 21.5. The highest BCUT2D eigenvalue weighted by Crippen LogP contribution is 2.37. The van der Waals surface area contributed by atoms with Crippen LogP contribution in [0.2, 0.25) is 0 Å². The van der Waals surface area contributed by atoms with E-state index >= 15 is 0 Å². The van der Waals surface area contributed by atoms with Crippen LogP contribution in [0.5, 0.6) is 11.5 Å². The number of amidine groups is 1. The van der Waals surface area contributed by atoms with Gasteiger partial charge in [0.05, 0.1) is 5.69 Å². The molecule has 1 aliphatic heterocycles. The molecule has 0 saturated heterocycles. The van der Waals surface area contributed by atoms with Gasteiger partial charge in [0.1, 0.15) is 11.9 Å². The zero-order valence-corrected chi connectivity index (χ0v) is 21.5. The van der Waals surface area contributed by atoms with Crippen LogP contribution in [0.4, 0.5) is 10.5 Å². The number of aliphatic imine (C=N–C) groups is 1. The Kier molecular flexibility index (Phi) is 6.89. The first kappa shape index (κ1) is 24.8. The van der Waals surface area contributed by atoms with Gasteiger partial charge in [-0.05, 0) is 48.1 Å². The molecule has 1 saturated carbocycles. The number of nitrogens with zero attached hydrogens (tertiary/aromatic N) is 1. The van der Waals surface area contributed by atoms with Crippen molar-refractivity contribution in [3.8, 4) is 11.5 Å². The summed E-state index contributed by atoms with van der Waals surface area (Å²) < 4.78 is 11.7. The number of rotatable bonds is 5. The fourth-order valence-corrected chi connectivity index (χ4v) is 4.58. The molecular formula is C30H33N3O4. The smallest absolute Gasteiger partial charge is 0.412 e. The van der Waals surface area contributed by atoms with Gasteiger partial charge in [-0.2, -0.15) is 0 Å². The summed E-state index contributed by atoms with van der Waals surface area (Å²) in [5.74, 6) is 1.99. The minimum absolute atomic E-state index is 0.100. The fraction of sp³-hybridized carbons (Fsp3) is 0.333. The molecule has 0 unspecified atom stereocenters. The normalized spacial score (nSPS) is 21.2. The Morgan fingerprint density at radius 2 is 1.65 bits per heavy atom. The van der Waals surface area contributed by atoms with Crippen molar-refractivity contribution >= 4 is 17.6 Å². The van der Waals surface area contributed by atoms with E-state index in [4.69, 9.17) is 19.3 Å². The van der Waals surface area contributed by atoms with Crippen molar-refractivity contribution in [3.05, 3.63) is 90.0 Å². The third-order valence-corrected chi connectivity index (χ3v) is 6.76. The molecule has 3 aromatic carbocycles. The number of amides is 1. The van der Waals surface area contributed by atoms with Gasteiger partial charge < -0.3 is 9.47 Å². The van der Waals surface area contributed by atoms with Crippen molar-refractivity contribution in [2.24, 2.45) is 4.99 Å². The third kappa shape index (κ3) is 5.94. The van der Waals surface area contributed by atoms with E-state index in [0.29, 0.717) is 42.9 Å². The Bertz CT molecular complexity index is 1260. The number of carbonyl (C=O) groups is 1. The Labute approximate surface area is 217 Å². The monoisotopic (exact) mass is 499 g/mol. The van der Waals surface area contributed by atoms with Crippen molar-refractivity contribution < 1.29 is 19.1 Å². The molecule has 1 fully saturated rings. The number of hydroxylamine groups is 1. The minimum atomic E-state index is -0.621. The van der Waals surface area contributed by atoms with Gasteiger partial charge in [0.25, 0.3) is 0 Å². The molecule has 1 spiro atoms. The summed E-state index contributed by atoms with van der Waals surface area (Å²) in [7, 11) is 0. The quantitative estimate of drug-likeness (QED) is 0.397. The maximum atomic E-state index is 12.7. The van der Waals surface area contributed by atoms with Crippen molar-refractivity contribution in [3.63, 3.8) is 0 Å². The van der Waals surface area contributed by atoms with E-state index in [0.717, 1.165) is 11.4 Å². The highest BCUT2D eigenvalue weighted by Gasteiger charge is 2.42. The molecule has 1 aliphatic carbocycles. The van der Waals surface area contributed by atoms with Crippen LogP contribution in [0, 0.1) is 0 Å². The molecular weight excluding hydrogens is 466 g/mol. The number of carbonyl (C=O) groups excluding carboxylic acids is 1. The molecule has 7 nitrogen and oxygen atoms in total. The number of hydrogen-bond acceptors (Lipinski definition) is 6. The third-order valence-electron chi connectivity index (χ3n) is 6.76. The molecule has 37 heavy (non-hydrogen) atoms. The minimum Gasteiger partial charge on any atom is -0.455 e. The molecule has 0 bridgehead atoms. The van der Waals surface area contributed by atoms with E-state index in [1.165, 1.54) is 5.56 Å².